The van der Waals surface area contributed by atoms with Crippen LogP contribution in [0.4, 0.5) is 8.78 Å². The highest BCUT2D eigenvalue weighted by Gasteiger charge is 2.15. The van der Waals surface area contributed by atoms with E-state index in [9.17, 15) is 13.9 Å². The summed E-state index contributed by atoms with van der Waals surface area (Å²) in [6.45, 7) is 0. The molecule has 130 valence electrons. The van der Waals surface area contributed by atoms with E-state index in [0.29, 0.717) is 27.7 Å². The molecule has 0 atom stereocenters. The summed E-state index contributed by atoms with van der Waals surface area (Å²) >= 11 is 6.14. The molecular weight excluding hydrogens is 366 g/mol. The highest BCUT2D eigenvalue weighted by atomic mass is 35.5. The van der Waals surface area contributed by atoms with Crippen LogP contribution < -0.4 is 4.74 Å². The van der Waals surface area contributed by atoms with Crippen molar-refractivity contribution in [3.63, 3.8) is 0 Å². The van der Waals surface area contributed by atoms with Crippen LogP contribution in [0.2, 0.25) is 5.02 Å². The number of phenolic OH excluding ortho intramolecular Hbond substituents is 1. The average Bonchev–Trinajstić information content (AvgIpc) is 3.00. The van der Waals surface area contributed by atoms with E-state index in [1.165, 1.54) is 18.3 Å². The molecule has 4 rings (SSSR count). The van der Waals surface area contributed by atoms with Crippen LogP contribution in [0.1, 0.15) is 0 Å². The molecule has 2 aromatic heterocycles. The number of hydrogen-bond donors (Lipinski definition) is 2. The molecule has 0 aliphatic heterocycles. The summed E-state index contributed by atoms with van der Waals surface area (Å²) in [5.74, 6) is -1.75. The number of aromatic hydroxyl groups is 1. The number of aromatic amines is 1. The minimum Gasteiger partial charge on any atom is -0.508 e. The van der Waals surface area contributed by atoms with Gasteiger partial charge in [-0.25, -0.2) is 13.8 Å². The Balaban J connectivity index is 1.71. The molecule has 2 N–H and O–H groups in total. The normalized spacial score (nSPS) is 11.0. The molecule has 0 unspecified atom stereocenters. The van der Waals surface area contributed by atoms with E-state index in [2.05, 4.69) is 20.2 Å². The number of nitrogens with one attached hydrogen (secondary N) is 1. The van der Waals surface area contributed by atoms with E-state index in [4.69, 9.17) is 16.3 Å². The number of aromatic nitrogens is 4. The molecule has 26 heavy (non-hydrogen) atoms. The Hall–Kier alpha value is -3.26. The number of rotatable bonds is 3. The van der Waals surface area contributed by atoms with Crippen molar-refractivity contribution in [3.8, 4) is 28.8 Å². The van der Waals surface area contributed by atoms with Crippen LogP contribution in [0.3, 0.4) is 0 Å². The second-order valence-corrected chi connectivity index (χ2v) is 5.74. The SMILES string of the molecule is Oc1ccc(-c2[nH]nc3nc(Oc4ccc(F)cc4F)ncc23)c(Cl)c1. The van der Waals surface area contributed by atoms with Crippen molar-refractivity contribution in [1.82, 2.24) is 20.2 Å². The fourth-order valence-electron chi connectivity index (χ4n) is 2.41. The minimum atomic E-state index is -0.868. The average molecular weight is 375 g/mol. The Morgan fingerprint density at radius 3 is 2.73 bits per heavy atom. The van der Waals surface area contributed by atoms with Crippen molar-refractivity contribution in [3.05, 3.63) is 59.3 Å². The number of ether oxygens (including phenoxy) is 1. The molecule has 0 aliphatic carbocycles. The molecule has 0 fully saturated rings. The van der Waals surface area contributed by atoms with Gasteiger partial charge in [-0.15, -0.1) is 0 Å². The van der Waals surface area contributed by atoms with Gasteiger partial charge in [0.25, 0.3) is 0 Å². The van der Waals surface area contributed by atoms with Crippen molar-refractivity contribution < 1.29 is 18.6 Å². The van der Waals surface area contributed by atoms with E-state index in [-0.39, 0.29) is 23.2 Å². The van der Waals surface area contributed by atoms with Crippen molar-refractivity contribution in [2.24, 2.45) is 0 Å². The van der Waals surface area contributed by atoms with Gasteiger partial charge in [0.05, 0.1) is 16.1 Å². The molecule has 0 amide bonds. The van der Waals surface area contributed by atoms with Crippen LogP contribution in [0.15, 0.2) is 42.6 Å². The van der Waals surface area contributed by atoms with Gasteiger partial charge in [-0.2, -0.15) is 10.1 Å². The third kappa shape index (κ3) is 2.91. The predicted molar refractivity (Wildman–Crippen MR) is 90.2 cm³/mol. The van der Waals surface area contributed by atoms with Crippen LogP contribution in [0, 0.1) is 11.6 Å². The van der Waals surface area contributed by atoms with Crippen LogP contribution in [0.5, 0.6) is 17.5 Å². The van der Waals surface area contributed by atoms with Gasteiger partial charge in [-0.05, 0) is 30.3 Å². The van der Waals surface area contributed by atoms with Gasteiger partial charge in [-0.3, -0.25) is 5.10 Å². The molecule has 2 heterocycles. The number of fused-ring (bicyclic) bond motifs is 1. The molecule has 6 nitrogen and oxygen atoms in total. The van der Waals surface area contributed by atoms with Crippen LogP contribution >= 0.6 is 11.6 Å². The van der Waals surface area contributed by atoms with Gasteiger partial charge < -0.3 is 9.84 Å². The second-order valence-electron chi connectivity index (χ2n) is 5.33. The smallest absolute Gasteiger partial charge is 0.324 e. The number of phenols is 1. The molecular formula is C17H9ClF2N4O2. The van der Waals surface area contributed by atoms with Gasteiger partial charge in [0.15, 0.2) is 17.2 Å². The van der Waals surface area contributed by atoms with Crippen LogP contribution in [0.25, 0.3) is 22.3 Å². The van der Waals surface area contributed by atoms with Crippen molar-refractivity contribution in [2.75, 3.05) is 0 Å². The van der Waals surface area contributed by atoms with Crippen LogP contribution in [-0.4, -0.2) is 25.3 Å². The zero-order chi connectivity index (χ0) is 18.3. The first kappa shape index (κ1) is 16.2. The predicted octanol–water partition coefficient (Wildman–Crippen LogP) is 4.45. The standard InChI is InChI=1S/C17H9ClF2N4O2/c18-12-6-9(25)2-3-10(12)15-11-7-21-17(22-16(11)24-23-15)26-14-4-1-8(19)5-13(14)20/h1-7,25H,(H,21,22,23,24). The van der Waals surface area contributed by atoms with Gasteiger partial charge in [-0.1, -0.05) is 11.6 Å². The molecule has 0 bridgehead atoms. The molecule has 9 heteroatoms. The molecule has 0 saturated heterocycles. The second kappa shape index (κ2) is 6.23. The summed E-state index contributed by atoms with van der Waals surface area (Å²) < 4.78 is 31.9. The topological polar surface area (TPSA) is 83.9 Å². The third-order valence-corrected chi connectivity index (χ3v) is 3.92. The number of hydrogen-bond acceptors (Lipinski definition) is 5. The highest BCUT2D eigenvalue weighted by molar-refractivity contribution is 6.33. The van der Waals surface area contributed by atoms with Crippen molar-refractivity contribution in [2.45, 2.75) is 0 Å². The lowest BCUT2D eigenvalue weighted by atomic mass is 10.1. The van der Waals surface area contributed by atoms with E-state index in [0.717, 1.165) is 12.1 Å². The van der Waals surface area contributed by atoms with Gasteiger partial charge in [0.2, 0.25) is 0 Å². The molecule has 0 spiro atoms. The van der Waals surface area contributed by atoms with Crippen molar-refractivity contribution in [1.29, 1.82) is 0 Å². The van der Waals surface area contributed by atoms with E-state index < -0.39 is 11.6 Å². The number of halogens is 3. The number of benzene rings is 2. The molecule has 0 radical (unpaired) electrons. The minimum absolute atomic E-state index is 0.0378. The summed E-state index contributed by atoms with van der Waals surface area (Å²) in [7, 11) is 0. The summed E-state index contributed by atoms with van der Waals surface area (Å²) in [5, 5.41) is 17.2. The maximum atomic E-state index is 13.7. The first-order valence-corrected chi connectivity index (χ1v) is 7.72. The lowest BCUT2D eigenvalue weighted by Crippen LogP contribution is -1.94. The van der Waals surface area contributed by atoms with E-state index >= 15 is 0 Å². The molecule has 0 saturated carbocycles. The van der Waals surface area contributed by atoms with Gasteiger partial charge in [0.1, 0.15) is 11.6 Å². The summed E-state index contributed by atoms with van der Waals surface area (Å²) in [6, 6.07) is 7.29. The molecule has 2 aromatic carbocycles. The lowest BCUT2D eigenvalue weighted by Gasteiger charge is -2.05. The Morgan fingerprint density at radius 1 is 1.12 bits per heavy atom. The summed E-state index contributed by atoms with van der Waals surface area (Å²) in [4.78, 5) is 8.12. The first-order valence-electron chi connectivity index (χ1n) is 7.34. The monoisotopic (exact) mass is 374 g/mol. The summed E-state index contributed by atoms with van der Waals surface area (Å²) in [6.07, 6.45) is 1.45. The maximum absolute atomic E-state index is 13.7. The molecule has 0 aliphatic rings. The quantitative estimate of drug-likeness (QED) is 0.553. The molecule has 4 aromatic rings. The Morgan fingerprint density at radius 2 is 1.96 bits per heavy atom. The highest BCUT2D eigenvalue weighted by Crippen LogP contribution is 2.33. The third-order valence-electron chi connectivity index (χ3n) is 3.61. The van der Waals surface area contributed by atoms with Gasteiger partial charge in [0, 0.05) is 17.8 Å². The maximum Gasteiger partial charge on any atom is 0.324 e. The lowest BCUT2D eigenvalue weighted by molar-refractivity contribution is 0.409. The number of H-pyrrole nitrogens is 1. The number of nitrogens with zero attached hydrogens (tertiary/aromatic N) is 3. The van der Waals surface area contributed by atoms with Crippen molar-refractivity contribution >= 4 is 22.6 Å². The summed E-state index contributed by atoms with van der Waals surface area (Å²) in [5.41, 5.74) is 1.44. The first-order chi connectivity index (χ1) is 12.5. The fourth-order valence-corrected chi connectivity index (χ4v) is 2.67. The van der Waals surface area contributed by atoms with Gasteiger partial charge >= 0.3 is 6.01 Å². The Bertz CT molecular complexity index is 1130. The van der Waals surface area contributed by atoms with E-state index in [1.807, 2.05) is 0 Å². The largest absolute Gasteiger partial charge is 0.508 e. The van der Waals surface area contributed by atoms with E-state index in [1.54, 1.807) is 6.07 Å². The van der Waals surface area contributed by atoms with Crippen LogP contribution in [-0.2, 0) is 0 Å². The zero-order valence-corrected chi connectivity index (χ0v) is 13.6. The Labute approximate surface area is 150 Å². The fraction of sp³-hybridized carbons (Fsp3) is 0. The Kier molecular flexibility index (Phi) is 3.89. The zero-order valence-electron chi connectivity index (χ0n) is 12.9.